The van der Waals surface area contributed by atoms with Crippen molar-refractivity contribution < 1.29 is 0 Å². The maximum Gasteiger partial charge on any atom is 0.243 e. The lowest BCUT2D eigenvalue weighted by Gasteiger charge is -2.17. The molecule has 2 heterocycles. The number of rotatable bonds is 5. The van der Waals surface area contributed by atoms with Crippen molar-refractivity contribution >= 4 is 23.2 Å². The van der Waals surface area contributed by atoms with Gasteiger partial charge in [-0.05, 0) is 24.5 Å². The zero-order chi connectivity index (χ0) is 13.1. The minimum absolute atomic E-state index is 0.192. The number of hydrogen-bond acceptors (Lipinski definition) is 4. The first kappa shape index (κ1) is 13.1. The van der Waals surface area contributed by atoms with Crippen molar-refractivity contribution in [2.45, 2.75) is 26.3 Å². The Kier molecular flexibility index (Phi) is 4.04. The van der Waals surface area contributed by atoms with Crippen LogP contribution >= 0.6 is 11.6 Å². The normalized spacial score (nSPS) is 13.2. The predicted octanol–water partition coefficient (Wildman–Crippen LogP) is 2.17. The summed E-state index contributed by atoms with van der Waals surface area (Å²) in [4.78, 5) is 4.38. The molecule has 0 amide bonds. The molecule has 0 aliphatic carbocycles. The number of nitrogens with one attached hydrogen (secondary N) is 1. The van der Waals surface area contributed by atoms with Gasteiger partial charge in [0.15, 0.2) is 5.65 Å². The number of anilines is 1. The van der Waals surface area contributed by atoms with E-state index < -0.39 is 0 Å². The molecule has 18 heavy (non-hydrogen) atoms. The van der Waals surface area contributed by atoms with Crippen molar-refractivity contribution in [1.82, 2.24) is 14.6 Å². The quantitative estimate of drug-likeness (QED) is 0.871. The molecule has 6 heteroatoms. The van der Waals surface area contributed by atoms with Gasteiger partial charge in [-0.1, -0.05) is 25.4 Å². The molecule has 2 rings (SSSR count). The maximum atomic E-state index is 5.90. The highest BCUT2D eigenvalue weighted by Crippen LogP contribution is 2.13. The van der Waals surface area contributed by atoms with Crippen molar-refractivity contribution in [1.29, 1.82) is 0 Å². The molecule has 0 aliphatic rings. The second-order valence-electron chi connectivity index (χ2n) is 4.79. The number of halogens is 1. The van der Waals surface area contributed by atoms with E-state index in [0.717, 1.165) is 12.1 Å². The molecule has 2 aromatic rings. The molecule has 0 saturated heterocycles. The Morgan fingerprint density at radius 2 is 2.22 bits per heavy atom. The molecule has 0 radical (unpaired) electrons. The number of nitrogens with two attached hydrogens (primary N) is 1. The van der Waals surface area contributed by atoms with Crippen LogP contribution in [0.3, 0.4) is 0 Å². The van der Waals surface area contributed by atoms with E-state index in [1.807, 2.05) is 6.07 Å². The Hall–Kier alpha value is -1.33. The van der Waals surface area contributed by atoms with Crippen molar-refractivity contribution in [2.75, 3.05) is 11.9 Å². The van der Waals surface area contributed by atoms with Crippen molar-refractivity contribution in [3.05, 3.63) is 23.4 Å². The summed E-state index contributed by atoms with van der Waals surface area (Å²) in [6.07, 6.45) is 2.72. The second-order valence-corrected chi connectivity index (χ2v) is 5.23. The molecule has 0 fully saturated rings. The maximum absolute atomic E-state index is 5.90. The summed E-state index contributed by atoms with van der Waals surface area (Å²) >= 11 is 5.90. The average Bonchev–Trinajstić information content (AvgIpc) is 2.68. The van der Waals surface area contributed by atoms with Crippen molar-refractivity contribution in [3.8, 4) is 0 Å². The SMILES string of the molecule is CC(C)CC(CN)Nc1nc2ccc(Cl)cn2n1. The first-order chi connectivity index (χ1) is 8.58. The van der Waals surface area contributed by atoms with Gasteiger partial charge in [-0.25, -0.2) is 4.52 Å². The number of fused-ring (bicyclic) bond motifs is 1. The minimum Gasteiger partial charge on any atom is -0.349 e. The van der Waals surface area contributed by atoms with Crippen LogP contribution in [0.2, 0.25) is 5.02 Å². The number of nitrogens with zero attached hydrogens (tertiary/aromatic N) is 3. The number of hydrogen-bond donors (Lipinski definition) is 2. The topological polar surface area (TPSA) is 68.2 Å². The molecular weight excluding hydrogens is 250 g/mol. The van der Waals surface area contributed by atoms with Gasteiger partial charge in [-0.2, -0.15) is 4.98 Å². The van der Waals surface area contributed by atoms with Gasteiger partial charge in [-0.3, -0.25) is 0 Å². The average molecular weight is 268 g/mol. The van der Waals surface area contributed by atoms with Crippen LogP contribution in [0.1, 0.15) is 20.3 Å². The van der Waals surface area contributed by atoms with E-state index >= 15 is 0 Å². The van der Waals surface area contributed by atoms with Gasteiger partial charge >= 0.3 is 0 Å². The molecule has 1 atom stereocenters. The van der Waals surface area contributed by atoms with E-state index in [9.17, 15) is 0 Å². The van der Waals surface area contributed by atoms with Gasteiger partial charge in [0.2, 0.25) is 5.95 Å². The van der Waals surface area contributed by atoms with Crippen LogP contribution in [0.4, 0.5) is 5.95 Å². The zero-order valence-corrected chi connectivity index (χ0v) is 11.4. The molecule has 5 nitrogen and oxygen atoms in total. The fourth-order valence-electron chi connectivity index (χ4n) is 1.88. The minimum atomic E-state index is 0.192. The molecule has 2 aromatic heterocycles. The van der Waals surface area contributed by atoms with Crippen LogP contribution in [-0.4, -0.2) is 27.2 Å². The third kappa shape index (κ3) is 3.11. The second kappa shape index (κ2) is 5.54. The van der Waals surface area contributed by atoms with Crippen molar-refractivity contribution in [2.24, 2.45) is 11.7 Å². The standard InChI is InChI=1S/C12H18ClN5/c1-8(2)5-10(6-14)15-12-16-11-4-3-9(13)7-18(11)17-12/h3-4,7-8,10H,5-6,14H2,1-2H3,(H,15,17). The monoisotopic (exact) mass is 267 g/mol. The Balaban J connectivity index is 2.15. The van der Waals surface area contributed by atoms with E-state index in [4.69, 9.17) is 17.3 Å². The predicted molar refractivity (Wildman–Crippen MR) is 73.9 cm³/mol. The molecule has 98 valence electrons. The highest BCUT2D eigenvalue weighted by Gasteiger charge is 2.12. The third-order valence-corrected chi connectivity index (χ3v) is 2.89. The lowest BCUT2D eigenvalue weighted by atomic mass is 10.0. The fourth-order valence-corrected chi connectivity index (χ4v) is 2.04. The molecule has 0 spiro atoms. The lowest BCUT2D eigenvalue weighted by Crippen LogP contribution is -2.30. The zero-order valence-electron chi connectivity index (χ0n) is 10.6. The van der Waals surface area contributed by atoms with E-state index in [2.05, 4.69) is 29.2 Å². The third-order valence-electron chi connectivity index (χ3n) is 2.67. The molecule has 0 saturated carbocycles. The van der Waals surface area contributed by atoms with Crippen molar-refractivity contribution in [3.63, 3.8) is 0 Å². The van der Waals surface area contributed by atoms with Crippen LogP contribution in [0.5, 0.6) is 0 Å². The molecule has 3 N–H and O–H groups in total. The van der Waals surface area contributed by atoms with Gasteiger partial charge in [-0.15, -0.1) is 5.10 Å². The summed E-state index contributed by atoms with van der Waals surface area (Å²) in [5, 5.41) is 8.22. The van der Waals surface area contributed by atoms with Gasteiger partial charge in [0.25, 0.3) is 0 Å². The molecule has 0 aromatic carbocycles. The first-order valence-electron chi connectivity index (χ1n) is 6.07. The van der Waals surface area contributed by atoms with E-state index in [-0.39, 0.29) is 6.04 Å². The highest BCUT2D eigenvalue weighted by molar-refractivity contribution is 6.30. The van der Waals surface area contributed by atoms with E-state index in [1.165, 1.54) is 0 Å². The molecule has 0 aliphatic heterocycles. The Labute approximate surface area is 111 Å². The Bertz CT molecular complexity index is 522. The molecule has 1 unspecified atom stereocenters. The van der Waals surface area contributed by atoms with Gasteiger partial charge in [0, 0.05) is 18.8 Å². The van der Waals surface area contributed by atoms with E-state index in [1.54, 1.807) is 16.8 Å². The van der Waals surface area contributed by atoms with Gasteiger partial charge in [0.05, 0.1) is 5.02 Å². The van der Waals surface area contributed by atoms with Crippen LogP contribution in [0.25, 0.3) is 5.65 Å². The van der Waals surface area contributed by atoms with Crippen LogP contribution < -0.4 is 11.1 Å². The Morgan fingerprint density at radius 3 is 2.89 bits per heavy atom. The van der Waals surface area contributed by atoms with Crippen LogP contribution in [0.15, 0.2) is 18.3 Å². The smallest absolute Gasteiger partial charge is 0.243 e. The first-order valence-corrected chi connectivity index (χ1v) is 6.45. The summed E-state index contributed by atoms with van der Waals surface area (Å²) < 4.78 is 1.66. The fraction of sp³-hybridized carbons (Fsp3) is 0.500. The van der Waals surface area contributed by atoms with Gasteiger partial charge in [0.1, 0.15) is 0 Å². The largest absolute Gasteiger partial charge is 0.349 e. The summed E-state index contributed by atoms with van der Waals surface area (Å²) in [6.45, 7) is 4.90. The Morgan fingerprint density at radius 1 is 1.44 bits per heavy atom. The highest BCUT2D eigenvalue weighted by atomic mass is 35.5. The number of aromatic nitrogens is 3. The summed E-state index contributed by atoms with van der Waals surface area (Å²) in [5.74, 6) is 1.17. The lowest BCUT2D eigenvalue weighted by molar-refractivity contribution is 0.520. The van der Waals surface area contributed by atoms with Crippen LogP contribution in [0, 0.1) is 5.92 Å². The van der Waals surface area contributed by atoms with E-state index in [0.29, 0.717) is 23.4 Å². The molecular formula is C12H18ClN5. The number of pyridine rings is 1. The molecule has 0 bridgehead atoms. The van der Waals surface area contributed by atoms with Crippen LogP contribution in [-0.2, 0) is 0 Å². The summed E-state index contributed by atoms with van der Waals surface area (Å²) in [6, 6.07) is 3.82. The summed E-state index contributed by atoms with van der Waals surface area (Å²) in [7, 11) is 0. The summed E-state index contributed by atoms with van der Waals surface area (Å²) in [5.41, 5.74) is 6.51. The van der Waals surface area contributed by atoms with Gasteiger partial charge < -0.3 is 11.1 Å².